The van der Waals surface area contributed by atoms with Crippen LogP contribution in [0.3, 0.4) is 0 Å². The number of nitrogens with zero attached hydrogens (tertiary/aromatic N) is 2. The van der Waals surface area contributed by atoms with Gasteiger partial charge in [-0.1, -0.05) is 12.1 Å². The van der Waals surface area contributed by atoms with Crippen LogP contribution < -0.4 is 5.32 Å². The van der Waals surface area contributed by atoms with Gasteiger partial charge in [-0.05, 0) is 12.5 Å². The number of nitro benzene ring substituents is 1. The fourth-order valence-corrected chi connectivity index (χ4v) is 2.74. The third-order valence-corrected chi connectivity index (χ3v) is 3.87. The highest BCUT2D eigenvalue weighted by molar-refractivity contribution is 5.44. The van der Waals surface area contributed by atoms with E-state index in [9.17, 15) is 18.9 Å². The molecule has 1 aromatic rings. The molecule has 8 heteroatoms. The van der Waals surface area contributed by atoms with E-state index in [-0.39, 0.29) is 11.3 Å². The molecule has 0 aliphatic carbocycles. The Morgan fingerprint density at radius 2 is 2.09 bits per heavy atom. The normalized spacial score (nSPS) is 18.2. The predicted octanol–water partition coefficient (Wildman–Crippen LogP) is 1.48. The van der Waals surface area contributed by atoms with E-state index in [2.05, 4.69) is 5.32 Å². The third kappa shape index (κ3) is 3.40. The molecule has 122 valence electrons. The zero-order valence-corrected chi connectivity index (χ0v) is 12.3. The van der Waals surface area contributed by atoms with E-state index in [4.69, 9.17) is 5.11 Å². The largest absolute Gasteiger partial charge is 0.390 e. The number of hydrogen-bond donors (Lipinski definition) is 2. The SMILES string of the molecule is Cc1ccc([C@H](N2CCNCC2)C(F)(F)CO)cc1[N+](=O)[O-]. The quantitative estimate of drug-likeness (QED) is 0.635. The maximum atomic E-state index is 14.2. The van der Waals surface area contributed by atoms with Crippen LogP contribution in [0.25, 0.3) is 0 Å². The zero-order valence-electron chi connectivity index (χ0n) is 12.3. The summed E-state index contributed by atoms with van der Waals surface area (Å²) in [6.45, 7) is 2.16. The van der Waals surface area contributed by atoms with E-state index in [0.717, 1.165) is 0 Å². The lowest BCUT2D eigenvalue weighted by molar-refractivity contribution is -0.385. The molecule has 1 fully saturated rings. The maximum Gasteiger partial charge on any atom is 0.289 e. The van der Waals surface area contributed by atoms with Crippen molar-refractivity contribution in [3.63, 3.8) is 0 Å². The Morgan fingerprint density at radius 1 is 1.45 bits per heavy atom. The highest BCUT2D eigenvalue weighted by Gasteiger charge is 2.44. The van der Waals surface area contributed by atoms with Gasteiger partial charge in [-0.3, -0.25) is 15.0 Å². The van der Waals surface area contributed by atoms with E-state index in [1.165, 1.54) is 18.2 Å². The Balaban J connectivity index is 2.44. The van der Waals surface area contributed by atoms with Crippen molar-refractivity contribution in [2.24, 2.45) is 0 Å². The predicted molar refractivity (Wildman–Crippen MR) is 77.0 cm³/mol. The summed E-state index contributed by atoms with van der Waals surface area (Å²) in [5, 5.41) is 23.2. The molecular weight excluding hydrogens is 296 g/mol. The first kappa shape index (κ1) is 16.7. The van der Waals surface area contributed by atoms with Crippen LogP contribution in [0.15, 0.2) is 18.2 Å². The van der Waals surface area contributed by atoms with Crippen LogP contribution in [0.2, 0.25) is 0 Å². The average Bonchev–Trinajstić information content (AvgIpc) is 2.50. The monoisotopic (exact) mass is 315 g/mol. The van der Waals surface area contributed by atoms with Crippen LogP contribution in [0, 0.1) is 17.0 Å². The van der Waals surface area contributed by atoms with Crippen molar-refractivity contribution in [1.29, 1.82) is 0 Å². The Hall–Kier alpha value is -1.64. The molecule has 22 heavy (non-hydrogen) atoms. The van der Waals surface area contributed by atoms with Gasteiger partial charge in [0.15, 0.2) is 0 Å². The highest BCUT2D eigenvalue weighted by Crippen LogP contribution is 2.38. The molecule has 0 bridgehead atoms. The molecule has 1 heterocycles. The molecule has 2 N–H and O–H groups in total. The van der Waals surface area contributed by atoms with Gasteiger partial charge in [0.05, 0.1) is 4.92 Å². The van der Waals surface area contributed by atoms with Gasteiger partial charge in [-0.2, -0.15) is 0 Å². The van der Waals surface area contributed by atoms with Crippen molar-refractivity contribution in [2.45, 2.75) is 18.9 Å². The second-order valence-corrected chi connectivity index (χ2v) is 5.41. The first-order valence-electron chi connectivity index (χ1n) is 7.05. The zero-order chi connectivity index (χ0) is 16.3. The van der Waals surface area contributed by atoms with Crippen molar-refractivity contribution in [1.82, 2.24) is 10.2 Å². The van der Waals surface area contributed by atoms with Gasteiger partial charge in [0, 0.05) is 37.8 Å². The van der Waals surface area contributed by atoms with Gasteiger partial charge < -0.3 is 10.4 Å². The number of piperazine rings is 1. The Morgan fingerprint density at radius 3 is 2.64 bits per heavy atom. The molecule has 0 unspecified atom stereocenters. The molecule has 2 rings (SSSR count). The molecule has 0 saturated carbocycles. The first-order chi connectivity index (χ1) is 10.4. The average molecular weight is 315 g/mol. The Labute approximate surface area is 126 Å². The summed E-state index contributed by atoms with van der Waals surface area (Å²) in [4.78, 5) is 12.0. The van der Waals surface area contributed by atoms with Crippen LogP contribution in [0.4, 0.5) is 14.5 Å². The molecule has 1 aliphatic rings. The number of nitro groups is 1. The fourth-order valence-electron chi connectivity index (χ4n) is 2.74. The van der Waals surface area contributed by atoms with Crippen LogP contribution in [-0.2, 0) is 0 Å². The minimum Gasteiger partial charge on any atom is -0.390 e. The summed E-state index contributed by atoms with van der Waals surface area (Å²) in [7, 11) is 0. The minimum absolute atomic E-state index is 0.151. The van der Waals surface area contributed by atoms with E-state index < -0.39 is 23.5 Å². The number of aryl methyl sites for hydroxylation is 1. The summed E-state index contributed by atoms with van der Waals surface area (Å²) < 4.78 is 28.5. The lowest BCUT2D eigenvalue weighted by atomic mass is 9.96. The number of aliphatic hydroxyl groups excluding tert-OH is 1. The Bertz CT molecular complexity index is 548. The molecule has 1 saturated heterocycles. The van der Waals surface area contributed by atoms with Crippen molar-refractivity contribution in [2.75, 3.05) is 32.8 Å². The topological polar surface area (TPSA) is 78.6 Å². The second-order valence-electron chi connectivity index (χ2n) is 5.41. The summed E-state index contributed by atoms with van der Waals surface area (Å²) in [5.74, 6) is -3.37. The van der Waals surface area contributed by atoms with E-state index >= 15 is 0 Å². The van der Waals surface area contributed by atoms with Gasteiger partial charge in [0.2, 0.25) is 0 Å². The van der Waals surface area contributed by atoms with Crippen molar-refractivity contribution in [3.05, 3.63) is 39.4 Å². The molecule has 0 radical (unpaired) electrons. The van der Waals surface area contributed by atoms with Gasteiger partial charge in [-0.25, -0.2) is 8.78 Å². The molecule has 0 spiro atoms. The molecule has 0 aromatic heterocycles. The lowest BCUT2D eigenvalue weighted by Crippen LogP contribution is -2.51. The van der Waals surface area contributed by atoms with Crippen molar-refractivity contribution < 1.29 is 18.8 Å². The minimum atomic E-state index is -3.37. The highest BCUT2D eigenvalue weighted by atomic mass is 19.3. The number of nitrogens with one attached hydrogen (secondary N) is 1. The molecule has 6 nitrogen and oxygen atoms in total. The standard InChI is InChI=1S/C14H19F2N3O3/c1-10-2-3-11(8-12(10)19(21)22)13(14(15,16)9-20)18-6-4-17-5-7-18/h2-3,8,13,17,20H,4-7,9H2,1H3/t13-/m0/s1. The van der Waals surface area contributed by atoms with Crippen LogP contribution in [0.1, 0.15) is 17.2 Å². The van der Waals surface area contributed by atoms with Gasteiger partial charge >= 0.3 is 0 Å². The van der Waals surface area contributed by atoms with Crippen LogP contribution >= 0.6 is 0 Å². The van der Waals surface area contributed by atoms with Gasteiger partial charge in [0.25, 0.3) is 11.6 Å². The van der Waals surface area contributed by atoms with E-state index in [1.807, 2.05) is 0 Å². The number of halogens is 2. The van der Waals surface area contributed by atoms with E-state index in [0.29, 0.717) is 31.7 Å². The third-order valence-electron chi connectivity index (χ3n) is 3.87. The molecule has 1 atom stereocenters. The lowest BCUT2D eigenvalue weighted by Gasteiger charge is -2.38. The number of aliphatic hydroxyl groups is 1. The number of hydrogen-bond acceptors (Lipinski definition) is 5. The molecular formula is C14H19F2N3O3. The van der Waals surface area contributed by atoms with Crippen LogP contribution in [0.5, 0.6) is 0 Å². The summed E-state index contributed by atoms with van der Waals surface area (Å²) >= 11 is 0. The smallest absolute Gasteiger partial charge is 0.289 e. The maximum absolute atomic E-state index is 14.2. The molecule has 1 aromatic carbocycles. The summed E-state index contributed by atoms with van der Waals surface area (Å²) in [6, 6.07) is 2.75. The van der Waals surface area contributed by atoms with Gasteiger partial charge in [-0.15, -0.1) is 0 Å². The van der Waals surface area contributed by atoms with E-state index in [1.54, 1.807) is 11.8 Å². The molecule has 0 amide bonds. The first-order valence-corrected chi connectivity index (χ1v) is 7.05. The van der Waals surface area contributed by atoms with Crippen LogP contribution in [-0.4, -0.2) is 53.6 Å². The summed E-state index contributed by atoms with van der Waals surface area (Å²) in [6.07, 6.45) is 0. The second kappa shape index (κ2) is 6.64. The Kier molecular flexibility index (Phi) is 5.05. The van der Waals surface area contributed by atoms with Crippen molar-refractivity contribution in [3.8, 4) is 0 Å². The fraction of sp³-hybridized carbons (Fsp3) is 0.571. The number of benzene rings is 1. The molecule has 1 aliphatic heterocycles. The summed E-state index contributed by atoms with van der Waals surface area (Å²) in [5.41, 5.74) is 0.379. The number of alkyl halides is 2. The van der Waals surface area contributed by atoms with Gasteiger partial charge in [0.1, 0.15) is 12.6 Å². The number of rotatable bonds is 5. The van der Waals surface area contributed by atoms with Crippen molar-refractivity contribution >= 4 is 5.69 Å².